The predicted octanol–water partition coefficient (Wildman–Crippen LogP) is 2.56. The number of amides is 5. The van der Waals surface area contributed by atoms with Crippen LogP contribution in [-0.4, -0.2) is 70.7 Å². The van der Waals surface area contributed by atoms with Crippen molar-refractivity contribution in [2.24, 2.45) is 0 Å². The topological polar surface area (TPSA) is 90.0 Å². The monoisotopic (exact) mass is 402 g/mol. The summed E-state index contributed by atoms with van der Waals surface area (Å²) in [6, 6.07) is 6.22. The predicted molar refractivity (Wildman–Crippen MR) is 111 cm³/mol. The summed E-state index contributed by atoms with van der Waals surface area (Å²) in [5, 5.41) is 2.68. The first-order valence-electron chi connectivity index (χ1n) is 10.1. The van der Waals surface area contributed by atoms with Gasteiger partial charge in [-0.25, -0.2) is 4.79 Å². The highest BCUT2D eigenvalue weighted by atomic mass is 16.2. The van der Waals surface area contributed by atoms with E-state index in [1.54, 1.807) is 34.1 Å². The van der Waals surface area contributed by atoms with E-state index in [1.165, 1.54) is 0 Å². The maximum atomic E-state index is 12.6. The van der Waals surface area contributed by atoms with E-state index in [9.17, 15) is 19.2 Å². The average molecular weight is 402 g/mol. The van der Waals surface area contributed by atoms with E-state index in [0.29, 0.717) is 30.9 Å². The summed E-state index contributed by atoms with van der Waals surface area (Å²) in [6.45, 7) is 8.92. The molecule has 158 valence electrons. The van der Waals surface area contributed by atoms with Crippen LogP contribution in [0, 0.1) is 0 Å². The number of anilines is 1. The number of urea groups is 1. The molecule has 0 radical (unpaired) electrons. The van der Waals surface area contributed by atoms with Crippen molar-refractivity contribution in [3.05, 3.63) is 29.8 Å². The second-order valence-corrected chi connectivity index (χ2v) is 7.07. The van der Waals surface area contributed by atoms with Crippen LogP contribution in [0.1, 0.15) is 50.9 Å². The Hall–Kier alpha value is -2.90. The van der Waals surface area contributed by atoms with Crippen molar-refractivity contribution in [2.75, 3.05) is 31.5 Å². The zero-order valence-electron chi connectivity index (χ0n) is 17.6. The van der Waals surface area contributed by atoms with Gasteiger partial charge in [-0.15, -0.1) is 0 Å². The van der Waals surface area contributed by atoms with Crippen molar-refractivity contribution in [2.45, 2.75) is 46.6 Å². The third-order valence-electron chi connectivity index (χ3n) is 5.21. The van der Waals surface area contributed by atoms with Gasteiger partial charge in [0, 0.05) is 43.3 Å². The quantitative estimate of drug-likeness (QED) is 0.724. The molecule has 0 bridgehead atoms. The molecule has 8 nitrogen and oxygen atoms in total. The Balaban J connectivity index is 2.07. The minimum Gasteiger partial charge on any atom is -0.339 e. The maximum absolute atomic E-state index is 12.6. The Kier molecular flexibility index (Phi) is 7.75. The van der Waals surface area contributed by atoms with Crippen LogP contribution in [0.4, 0.5) is 10.5 Å². The number of rotatable bonds is 8. The lowest BCUT2D eigenvalue weighted by atomic mass is 10.1. The maximum Gasteiger partial charge on any atom is 0.327 e. The van der Waals surface area contributed by atoms with Crippen molar-refractivity contribution in [1.82, 2.24) is 14.7 Å². The Morgan fingerprint density at radius 1 is 1.17 bits per heavy atom. The van der Waals surface area contributed by atoms with Gasteiger partial charge in [-0.05, 0) is 45.4 Å². The van der Waals surface area contributed by atoms with Gasteiger partial charge in [-0.2, -0.15) is 0 Å². The highest BCUT2D eigenvalue weighted by molar-refractivity contribution is 6.03. The zero-order chi connectivity index (χ0) is 21.6. The highest BCUT2D eigenvalue weighted by Gasteiger charge is 2.35. The molecule has 1 N–H and O–H groups in total. The van der Waals surface area contributed by atoms with Crippen LogP contribution in [0.3, 0.4) is 0 Å². The molecule has 1 aliphatic heterocycles. The van der Waals surface area contributed by atoms with Gasteiger partial charge in [-0.1, -0.05) is 13.0 Å². The fourth-order valence-electron chi connectivity index (χ4n) is 3.26. The number of carbonyl (C=O) groups is 4. The van der Waals surface area contributed by atoms with Crippen LogP contribution in [0.25, 0.3) is 0 Å². The molecule has 1 heterocycles. The van der Waals surface area contributed by atoms with Crippen LogP contribution in [0.5, 0.6) is 0 Å². The van der Waals surface area contributed by atoms with Crippen molar-refractivity contribution >= 4 is 29.4 Å². The van der Waals surface area contributed by atoms with Gasteiger partial charge in [-0.3, -0.25) is 19.3 Å². The normalized spacial score (nSPS) is 15.3. The summed E-state index contributed by atoms with van der Waals surface area (Å²) in [5.41, 5.74) is 0.920. The Morgan fingerprint density at radius 3 is 2.48 bits per heavy atom. The molecule has 1 fully saturated rings. The molecule has 0 aliphatic carbocycles. The number of hydrogen-bond donors (Lipinski definition) is 1. The fourth-order valence-corrected chi connectivity index (χ4v) is 3.26. The van der Waals surface area contributed by atoms with E-state index < -0.39 is 11.9 Å². The standard InChI is InChI=1S/C21H30N4O4/c1-5-15(4)24-12-11-19(27)25(21(24)29)14-18(26)22-17-10-8-9-16(13-17)20(28)23(6-2)7-3/h8-10,13,15H,5-7,11-12,14H2,1-4H3,(H,22,26). The molecule has 1 aromatic rings. The molecule has 8 heteroatoms. The largest absolute Gasteiger partial charge is 0.339 e. The van der Waals surface area contributed by atoms with Crippen LogP contribution in [0.15, 0.2) is 24.3 Å². The summed E-state index contributed by atoms with van der Waals surface area (Å²) >= 11 is 0. The smallest absolute Gasteiger partial charge is 0.327 e. The second kappa shape index (κ2) is 10.0. The third kappa shape index (κ3) is 5.34. The van der Waals surface area contributed by atoms with E-state index in [4.69, 9.17) is 0 Å². The SMILES string of the molecule is CCC(C)N1CCC(=O)N(CC(=O)Nc2cccc(C(=O)N(CC)CC)c2)C1=O. The first-order valence-corrected chi connectivity index (χ1v) is 10.1. The summed E-state index contributed by atoms with van der Waals surface area (Å²) in [5.74, 6) is -0.947. The van der Waals surface area contributed by atoms with E-state index in [0.717, 1.165) is 11.3 Å². The lowest BCUT2D eigenvalue weighted by Gasteiger charge is -2.37. The van der Waals surface area contributed by atoms with Crippen molar-refractivity contribution in [3.63, 3.8) is 0 Å². The lowest BCUT2D eigenvalue weighted by Crippen LogP contribution is -2.56. The molecule has 1 atom stereocenters. The average Bonchev–Trinajstić information content (AvgIpc) is 2.71. The Bertz CT molecular complexity index is 776. The zero-order valence-corrected chi connectivity index (χ0v) is 17.6. The molecule has 5 amide bonds. The van der Waals surface area contributed by atoms with E-state index >= 15 is 0 Å². The molecular weight excluding hydrogens is 372 g/mol. The number of hydrogen-bond acceptors (Lipinski definition) is 4. The molecule has 1 saturated heterocycles. The van der Waals surface area contributed by atoms with E-state index in [1.807, 2.05) is 27.7 Å². The van der Waals surface area contributed by atoms with Crippen LogP contribution in [-0.2, 0) is 9.59 Å². The first kappa shape index (κ1) is 22.4. The number of imide groups is 1. The van der Waals surface area contributed by atoms with Crippen LogP contribution in [0.2, 0.25) is 0 Å². The summed E-state index contributed by atoms with van der Waals surface area (Å²) in [6.07, 6.45) is 0.977. The van der Waals surface area contributed by atoms with Gasteiger partial charge in [0.25, 0.3) is 5.91 Å². The number of nitrogens with zero attached hydrogens (tertiary/aromatic N) is 3. The lowest BCUT2D eigenvalue weighted by molar-refractivity contribution is -0.134. The van der Waals surface area contributed by atoms with Gasteiger partial charge in [0.15, 0.2) is 0 Å². The van der Waals surface area contributed by atoms with Gasteiger partial charge in [0.05, 0.1) is 0 Å². The van der Waals surface area contributed by atoms with Gasteiger partial charge >= 0.3 is 6.03 Å². The van der Waals surface area contributed by atoms with Crippen LogP contribution >= 0.6 is 0 Å². The molecular formula is C21H30N4O4. The van der Waals surface area contributed by atoms with E-state index in [2.05, 4.69) is 5.32 Å². The number of nitrogens with one attached hydrogen (secondary N) is 1. The van der Waals surface area contributed by atoms with Gasteiger partial charge in [0.2, 0.25) is 11.8 Å². The summed E-state index contributed by atoms with van der Waals surface area (Å²) < 4.78 is 0. The summed E-state index contributed by atoms with van der Waals surface area (Å²) in [7, 11) is 0. The molecule has 0 saturated carbocycles. The number of carbonyl (C=O) groups excluding carboxylic acids is 4. The summed E-state index contributed by atoms with van der Waals surface area (Å²) in [4.78, 5) is 54.1. The highest BCUT2D eigenvalue weighted by Crippen LogP contribution is 2.17. The molecule has 0 spiro atoms. The molecule has 1 unspecified atom stereocenters. The Labute approximate surface area is 171 Å². The molecule has 0 aromatic heterocycles. The van der Waals surface area contributed by atoms with Gasteiger partial charge in [0.1, 0.15) is 6.54 Å². The minimum atomic E-state index is -0.481. The Morgan fingerprint density at radius 2 is 1.86 bits per heavy atom. The van der Waals surface area contributed by atoms with E-state index in [-0.39, 0.29) is 30.8 Å². The third-order valence-corrected chi connectivity index (χ3v) is 5.21. The van der Waals surface area contributed by atoms with Gasteiger partial charge < -0.3 is 15.1 Å². The molecule has 1 aromatic carbocycles. The molecule has 1 aliphatic rings. The molecule has 29 heavy (non-hydrogen) atoms. The van der Waals surface area contributed by atoms with Crippen molar-refractivity contribution in [1.29, 1.82) is 0 Å². The second-order valence-electron chi connectivity index (χ2n) is 7.07. The first-order chi connectivity index (χ1) is 13.8. The minimum absolute atomic E-state index is 0.00364. The number of benzene rings is 1. The van der Waals surface area contributed by atoms with Crippen molar-refractivity contribution < 1.29 is 19.2 Å². The molecule has 2 rings (SSSR count). The fraction of sp³-hybridized carbons (Fsp3) is 0.524. The van der Waals surface area contributed by atoms with Crippen LogP contribution < -0.4 is 5.32 Å². The van der Waals surface area contributed by atoms with Crippen molar-refractivity contribution in [3.8, 4) is 0 Å².